The Morgan fingerprint density at radius 2 is 1.91 bits per heavy atom. The molecule has 0 saturated carbocycles. The van der Waals surface area contributed by atoms with Gasteiger partial charge in [0.1, 0.15) is 11.6 Å². The molecular formula is C14H12FN3O3S. The molecule has 0 aliphatic rings. The summed E-state index contributed by atoms with van der Waals surface area (Å²) in [7, 11) is 1.43. The highest BCUT2D eigenvalue weighted by Crippen LogP contribution is 2.29. The van der Waals surface area contributed by atoms with Crippen LogP contribution in [0.15, 0.2) is 42.5 Å². The monoisotopic (exact) mass is 321 g/mol. The van der Waals surface area contributed by atoms with Crippen LogP contribution in [-0.4, -0.2) is 17.1 Å². The summed E-state index contributed by atoms with van der Waals surface area (Å²) < 4.78 is 18.6. The second kappa shape index (κ2) is 6.81. The number of benzene rings is 2. The summed E-state index contributed by atoms with van der Waals surface area (Å²) >= 11 is 5.08. The largest absolute Gasteiger partial charge is 0.495 e. The molecule has 0 atom stereocenters. The van der Waals surface area contributed by atoms with Crippen LogP contribution >= 0.6 is 12.2 Å². The number of nitrogens with zero attached hydrogens (tertiary/aromatic N) is 1. The number of nitro benzene ring substituents is 1. The number of para-hydroxylation sites is 1. The maximum atomic E-state index is 13.5. The van der Waals surface area contributed by atoms with E-state index in [9.17, 15) is 14.5 Å². The highest BCUT2D eigenvalue weighted by atomic mass is 32.1. The van der Waals surface area contributed by atoms with Gasteiger partial charge in [0.15, 0.2) is 5.11 Å². The van der Waals surface area contributed by atoms with Gasteiger partial charge in [-0.3, -0.25) is 10.1 Å². The van der Waals surface area contributed by atoms with Crippen LogP contribution in [0.5, 0.6) is 5.75 Å². The summed E-state index contributed by atoms with van der Waals surface area (Å²) in [4.78, 5) is 10.3. The van der Waals surface area contributed by atoms with Gasteiger partial charge in [-0.15, -0.1) is 0 Å². The molecule has 0 aromatic heterocycles. The Morgan fingerprint density at radius 1 is 1.23 bits per heavy atom. The van der Waals surface area contributed by atoms with Crippen LogP contribution in [0.2, 0.25) is 0 Å². The van der Waals surface area contributed by atoms with Crippen molar-refractivity contribution in [1.29, 1.82) is 0 Å². The minimum absolute atomic E-state index is 0.0869. The molecule has 22 heavy (non-hydrogen) atoms. The summed E-state index contributed by atoms with van der Waals surface area (Å²) in [5.41, 5.74) is 0.395. The van der Waals surface area contributed by atoms with E-state index in [0.29, 0.717) is 11.4 Å². The molecule has 2 aromatic rings. The third-order valence-corrected chi connectivity index (χ3v) is 2.97. The van der Waals surface area contributed by atoms with Crippen LogP contribution < -0.4 is 15.4 Å². The number of halogens is 1. The Labute approximate surface area is 131 Å². The normalized spacial score (nSPS) is 9.91. The Hall–Kier alpha value is -2.74. The lowest BCUT2D eigenvalue weighted by Gasteiger charge is -2.13. The van der Waals surface area contributed by atoms with Crippen molar-refractivity contribution in [1.82, 2.24) is 0 Å². The number of hydrogen-bond acceptors (Lipinski definition) is 4. The Morgan fingerprint density at radius 3 is 2.55 bits per heavy atom. The van der Waals surface area contributed by atoms with E-state index in [0.717, 1.165) is 0 Å². The van der Waals surface area contributed by atoms with E-state index in [-0.39, 0.29) is 16.5 Å². The van der Waals surface area contributed by atoms with E-state index in [4.69, 9.17) is 17.0 Å². The maximum Gasteiger partial charge on any atom is 0.271 e. The smallest absolute Gasteiger partial charge is 0.271 e. The topological polar surface area (TPSA) is 76.4 Å². The molecule has 0 fully saturated rings. The van der Waals surface area contributed by atoms with Crippen molar-refractivity contribution in [2.24, 2.45) is 0 Å². The Balaban J connectivity index is 2.19. The van der Waals surface area contributed by atoms with E-state index in [1.807, 2.05) is 0 Å². The van der Waals surface area contributed by atoms with Crippen LogP contribution in [0.1, 0.15) is 0 Å². The summed E-state index contributed by atoms with van der Waals surface area (Å²) in [5.74, 6) is -0.0825. The highest BCUT2D eigenvalue weighted by Gasteiger charge is 2.13. The SMILES string of the molecule is COc1ccc([N+](=O)[O-])cc1NC(=S)Nc1ccccc1F. The lowest BCUT2D eigenvalue weighted by atomic mass is 10.2. The van der Waals surface area contributed by atoms with Gasteiger partial charge in [-0.1, -0.05) is 12.1 Å². The molecule has 2 rings (SSSR count). The first kappa shape index (κ1) is 15.6. The number of rotatable bonds is 4. The van der Waals surface area contributed by atoms with Crippen molar-refractivity contribution in [3.05, 3.63) is 58.4 Å². The van der Waals surface area contributed by atoms with Crippen molar-refractivity contribution < 1.29 is 14.1 Å². The first-order valence-electron chi connectivity index (χ1n) is 6.16. The van der Waals surface area contributed by atoms with E-state index < -0.39 is 10.7 Å². The standard InChI is InChI=1S/C14H12FN3O3S/c1-21-13-7-6-9(18(19)20)8-12(13)17-14(22)16-11-5-3-2-4-10(11)15/h2-8H,1H3,(H2,16,17,22). The molecule has 0 saturated heterocycles. The second-order valence-corrected chi connectivity index (χ2v) is 4.61. The third kappa shape index (κ3) is 3.67. The van der Waals surface area contributed by atoms with Gasteiger partial charge < -0.3 is 15.4 Å². The van der Waals surface area contributed by atoms with Crippen molar-refractivity contribution in [3.63, 3.8) is 0 Å². The van der Waals surface area contributed by atoms with Gasteiger partial charge in [0.05, 0.1) is 23.4 Å². The van der Waals surface area contributed by atoms with Crippen molar-refractivity contribution in [2.75, 3.05) is 17.7 Å². The number of ether oxygens (including phenoxy) is 1. The van der Waals surface area contributed by atoms with Gasteiger partial charge in [-0.2, -0.15) is 0 Å². The van der Waals surface area contributed by atoms with Gasteiger partial charge >= 0.3 is 0 Å². The van der Waals surface area contributed by atoms with E-state index in [1.165, 1.54) is 37.4 Å². The molecule has 2 aromatic carbocycles. The van der Waals surface area contributed by atoms with Crippen LogP contribution in [0, 0.1) is 15.9 Å². The van der Waals surface area contributed by atoms with Crippen LogP contribution in [0.3, 0.4) is 0 Å². The molecule has 0 radical (unpaired) electrons. The van der Waals surface area contributed by atoms with E-state index in [2.05, 4.69) is 10.6 Å². The fraction of sp³-hybridized carbons (Fsp3) is 0.0714. The van der Waals surface area contributed by atoms with Crippen LogP contribution in [0.25, 0.3) is 0 Å². The number of thiocarbonyl (C=S) groups is 1. The lowest BCUT2D eigenvalue weighted by Crippen LogP contribution is -2.20. The van der Waals surface area contributed by atoms with E-state index >= 15 is 0 Å². The number of nitrogens with one attached hydrogen (secondary N) is 2. The molecule has 0 bridgehead atoms. The zero-order valence-corrected chi connectivity index (χ0v) is 12.3. The summed E-state index contributed by atoms with van der Waals surface area (Å²) in [6.07, 6.45) is 0. The van der Waals surface area contributed by atoms with Crippen molar-refractivity contribution >= 4 is 34.4 Å². The maximum absolute atomic E-state index is 13.5. The fourth-order valence-electron chi connectivity index (χ4n) is 1.75. The molecule has 2 N–H and O–H groups in total. The summed E-state index contributed by atoms with van der Waals surface area (Å²) in [5, 5.41) is 16.3. The number of hydrogen-bond donors (Lipinski definition) is 2. The first-order valence-corrected chi connectivity index (χ1v) is 6.57. The highest BCUT2D eigenvalue weighted by molar-refractivity contribution is 7.80. The van der Waals surface area contributed by atoms with Crippen LogP contribution in [0.4, 0.5) is 21.5 Å². The van der Waals surface area contributed by atoms with Gasteiger partial charge in [0.2, 0.25) is 0 Å². The third-order valence-electron chi connectivity index (χ3n) is 2.76. The average molecular weight is 321 g/mol. The second-order valence-electron chi connectivity index (χ2n) is 4.20. The predicted molar refractivity (Wildman–Crippen MR) is 85.9 cm³/mol. The molecule has 8 heteroatoms. The molecule has 0 aliphatic heterocycles. The zero-order valence-electron chi connectivity index (χ0n) is 11.5. The summed E-state index contributed by atoms with van der Waals surface area (Å²) in [6.45, 7) is 0. The van der Waals surface area contributed by atoms with Gasteiger partial charge in [0.25, 0.3) is 5.69 Å². The predicted octanol–water partition coefficient (Wildman–Crippen LogP) is 3.55. The molecular weight excluding hydrogens is 309 g/mol. The first-order chi connectivity index (χ1) is 10.5. The summed E-state index contributed by atoms with van der Waals surface area (Å²) in [6, 6.07) is 10.1. The molecule has 0 heterocycles. The number of methoxy groups -OCH3 is 1. The molecule has 114 valence electrons. The number of nitro groups is 1. The molecule has 0 aliphatic carbocycles. The quantitative estimate of drug-likeness (QED) is 0.509. The number of anilines is 2. The van der Waals surface area contributed by atoms with Crippen molar-refractivity contribution in [3.8, 4) is 5.75 Å². The minimum atomic E-state index is -0.530. The molecule has 6 nitrogen and oxygen atoms in total. The Kier molecular flexibility index (Phi) is 4.84. The fourth-order valence-corrected chi connectivity index (χ4v) is 1.97. The van der Waals surface area contributed by atoms with Gasteiger partial charge in [-0.25, -0.2) is 4.39 Å². The molecule has 0 spiro atoms. The molecule has 0 amide bonds. The van der Waals surface area contributed by atoms with Gasteiger partial charge in [0, 0.05) is 12.1 Å². The Bertz CT molecular complexity index is 724. The van der Waals surface area contributed by atoms with Crippen molar-refractivity contribution in [2.45, 2.75) is 0 Å². The molecule has 0 unspecified atom stereocenters. The van der Waals surface area contributed by atoms with Crippen LogP contribution in [-0.2, 0) is 0 Å². The zero-order chi connectivity index (χ0) is 16.1. The van der Waals surface area contributed by atoms with E-state index in [1.54, 1.807) is 12.1 Å². The average Bonchev–Trinajstić information content (AvgIpc) is 2.49. The van der Waals surface area contributed by atoms with Gasteiger partial charge in [-0.05, 0) is 30.4 Å². The lowest BCUT2D eigenvalue weighted by molar-refractivity contribution is -0.384. The number of non-ortho nitro benzene ring substituents is 1. The minimum Gasteiger partial charge on any atom is -0.495 e.